The van der Waals surface area contributed by atoms with Crippen LogP contribution in [0.15, 0.2) is 71.7 Å². The van der Waals surface area contributed by atoms with E-state index in [1.807, 2.05) is 18.2 Å². The van der Waals surface area contributed by atoms with Gasteiger partial charge in [-0.25, -0.2) is 9.38 Å². The Morgan fingerprint density at radius 3 is 2.54 bits per heavy atom. The van der Waals surface area contributed by atoms with E-state index in [2.05, 4.69) is 10.3 Å². The van der Waals surface area contributed by atoms with Gasteiger partial charge in [0.15, 0.2) is 16.7 Å². The maximum absolute atomic E-state index is 13.4. The molecule has 1 atom stereocenters. The molecule has 37 heavy (non-hydrogen) atoms. The Hall–Kier alpha value is -3.56. The lowest BCUT2D eigenvalue weighted by Gasteiger charge is -2.32. The lowest BCUT2D eigenvalue weighted by atomic mass is 10.1. The quantitative estimate of drug-likeness (QED) is 0.396. The van der Waals surface area contributed by atoms with Gasteiger partial charge in [0, 0.05) is 13.0 Å². The topological polar surface area (TPSA) is 80.2 Å². The van der Waals surface area contributed by atoms with E-state index >= 15 is 0 Å². The van der Waals surface area contributed by atoms with Gasteiger partial charge < -0.3 is 14.8 Å². The van der Waals surface area contributed by atoms with E-state index in [-0.39, 0.29) is 18.2 Å². The van der Waals surface area contributed by atoms with Gasteiger partial charge in [-0.2, -0.15) is 0 Å². The Labute approximate surface area is 223 Å². The average molecular weight is 542 g/mol. The van der Waals surface area contributed by atoms with Crippen molar-refractivity contribution in [1.29, 1.82) is 0 Å². The standard InChI is InChI=1S/C27H25ClFN3O4S/c1-35-22-12-7-17(15-23(22)36-2)13-14-32-25(33)16-24(26(34)31-21-6-4-3-5-20(21)28)37-27(32)30-19-10-8-18(29)9-11-19/h3-12,15,24H,13-14,16H2,1-2H3,(H,31,34). The first-order chi connectivity index (χ1) is 17.9. The Bertz CT molecular complexity index is 1320. The van der Waals surface area contributed by atoms with Crippen LogP contribution in [-0.2, 0) is 16.0 Å². The van der Waals surface area contributed by atoms with Gasteiger partial charge in [-0.15, -0.1) is 0 Å². The van der Waals surface area contributed by atoms with Crippen LogP contribution in [0.3, 0.4) is 0 Å². The molecule has 1 aliphatic rings. The van der Waals surface area contributed by atoms with Crippen molar-refractivity contribution in [2.75, 3.05) is 26.1 Å². The first kappa shape index (κ1) is 26.5. The molecule has 2 amide bonds. The van der Waals surface area contributed by atoms with Crippen molar-refractivity contribution < 1.29 is 23.5 Å². The molecule has 0 aromatic heterocycles. The van der Waals surface area contributed by atoms with Gasteiger partial charge in [0.25, 0.3) is 0 Å². The highest BCUT2D eigenvalue weighted by molar-refractivity contribution is 8.15. The van der Waals surface area contributed by atoms with E-state index in [1.54, 1.807) is 43.4 Å². The van der Waals surface area contributed by atoms with E-state index in [0.717, 1.165) is 5.56 Å². The van der Waals surface area contributed by atoms with E-state index in [1.165, 1.54) is 36.0 Å². The fraction of sp³-hybridized carbons (Fsp3) is 0.222. The number of methoxy groups -OCH3 is 2. The van der Waals surface area contributed by atoms with Crippen molar-refractivity contribution in [3.8, 4) is 11.5 Å². The molecule has 1 heterocycles. The smallest absolute Gasteiger partial charge is 0.238 e. The number of hydrogen-bond donors (Lipinski definition) is 1. The molecule has 3 aromatic carbocycles. The highest BCUT2D eigenvalue weighted by Crippen LogP contribution is 2.32. The fourth-order valence-electron chi connectivity index (χ4n) is 3.74. The number of para-hydroxylation sites is 1. The molecule has 1 fully saturated rings. The van der Waals surface area contributed by atoms with E-state index in [0.29, 0.717) is 46.0 Å². The van der Waals surface area contributed by atoms with Crippen LogP contribution in [0.1, 0.15) is 12.0 Å². The van der Waals surface area contributed by atoms with Gasteiger partial charge >= 0.3 is 0 Å². The summed E-state index contributed by atoms with van der Waals surface area (Å²) in [5.74, 6) is 0.230. The number of halogens is 2. The maximum Gasteiger partial charge on any atom is 0.238 e. The summed E-state index contributed by atoms with van der Waals surface area (Å²) in [5.41, 5.74) is 1.88. The number of hydrogen-bond acceptors (Lipinski definition) is 6. The second kappa shape index (κ2) is 12.1. The zero-order chi connectivity index (χ0) is 26.4. The fourth-order valence-corrected chi connectivity index (χ4v) is 5.05. The van der Waals surface area contributed by atoms with Crippen molar-refractivity contribution in [2.45, 2.75) is 18.1 Å². The molecule has 1 aliphatic heterocycles. The minimum Gasteiger partial charge on any atom is -0.493 e. The summed E-state index contributed by atoms with van der Waals surface area (Å²) in [7, 11) is 3.13. The van der Waals surface area contributed by atoms with Crippen LogP contribution < -0.4 is 14.8 Å². The molecule has 3 aromatic rings. The lowest BCUT2D eigenvalue weighted by molar-refractivity contribution is -0.129. The van der Waals surface area contributed by atoms with Gasteiger partial charge in [-0.1, -0.05) is 41.6 Å². The third-order valence-corrected chi connectivity index (χ3v) is 7.20. The molecule has 1 unspecified atom stereocenters. The number of anilines is 1. The number of carbonyl (C=O) groups is 2. The average Bonchev–Trinajstić information content (AvgIpc) is 2.90. The third-order valence-electron chi connectivity index (χ3n) is 5.69. The number of nitrogens with one attached hydrogen (secondary N) is 1. The molecule has 1 N–H and O–H groups in total. The van der Waals surface area contributed by atoms with Crippen molar-refractivity contribution in [3.63, 3.8) is 0 Å². The van der Waals surface area contributed by atoms with Crippen molar-refractivity contribution in [1.82, 2.24) is 4.90 Å². The minimum absolute atomic E-state index is 0.00464. The molecular weight excluding hydrogens is 517 g/mol. The Morgan fingerprint density at radius 1 is 1.11 bits per heavy atom. The molecule has 0 aliphatic carbocycles. The maximum atomic E-state index is 13.4. The van der Waals surface area contributed by atoms with Crippen molar-refractivity contribution >= 4 is 51.7 Å². The van der Waals surface area contributed by atoms with E-state index in [9.17, 15) is 14.0 Å². The van der Waals surface area contributed by atoms with Crippen molar-refractivity contribution in [2.24, 2.45) is 4.99 Å². The summed E-state index contributed by atoms with van der Waals surface area (Å²) >= 11 is 7.37. The number of ether oxygens (including phenoxy) is 2. The highest BCUT2D eigenvalue weighted by Gasteiger charge is 2.36. The lowest BCUT2D eigenvalue weighted by Crippen LogP contribution is -2.46. The number of thioether (sulfide) groups is 1. The van der Waals surface area contributed by atoms with Crippen LogP contribution in [0.25, 0.3) is 0 Å². The largest absolute Gasteiger partial charge is 0.493 e. The second-order valence-corrected chi connectivity index (χ2v) is 9.71. The van der Waals surface area contributed by atoms with Gasteiger partial charge in [0.1, 0.15) is 11.1 Å². The van der Waals surface area contributed by atoms with Gasteiger partial charge in [0.05, 0.1) is 30.6 Å². The summed E-state index contributed by atoms with van der Waals surface area (Å²) in [5, 5.41) is 2.85. The molecule has 0 spiro atoms. The molecule has 10 heteroatoms. The highest BCUT2D eigenvalue weighted by atomic mass is 35.5. The van der Waals surface area contributed by atoms with E-state index < -0.39 is 11.1 Å². The molecule has 4 rings (SSSR count). The van der Waals surface area contributed by atoms with Gasteiger partial charge in [-0.05, 0) is 60.5 Å². The summed E-state index contributed by atoms with van der Waals surface area (Å²) in [6.45, 7) is 0.334. The van der Waals surface area contributed by atoms with Crippen molar-refractivity contribution in [3.05, 3.63) is 83.1 Å². The Balaban J connectivity index is 1.56. The third kappa shape index (κ3) is 6.61. The number of carbonyl (C=O) groups excluding carboxylic acids is 2. The minimum atomic E-state index is -0.708. The van der Waals surface area contributed by atoms with Crippen LogP contribution >= 0.6 is 23.4 Å². The number of benzene rings is 3. The predicted molar refractivity (Wildman–Crippen MR) is 145 cm³/mol. The van der Waals surface area contributed by atoms with Crippen LogP contribution in [0.5, 0.6) is 11.5 Å². The molecule has 0 bridgehead atoms. The Morgan fingerprint density at radius 2 is 1.84 bits per heavy atom. The SMILES string of the molecule is COc1ccc(CCN2C(=O)CC(C(=O)Nc3ccccc3Cl)SC2=Nc2ccc(F)cc2)cc1OC. The zero-order valence-corrected chi connectivity index (χ0v) is 21.8. The number of rotatable bonds is 8. The van der Waals surface area contributed by atoms with Gasteiger partial charge in [-0.3, -0.25) is 14.5 Å². The summed E-state index contributed by atoms with van der Waals surface area (Å²) in [6.07, 6.45) is 0.515. The van der Waals surface area contributed by atoms with Crippen LogP contribution in [0.4, 0.5) is 15.8 Å². The van der Waals surface area contributed by atoms with Gasteiger partial charge in [0.2, 0.25) is 11.8 Å². The molecule has 0 radical (unpaired) electrons. The van der Waals surface area contributed by atoms with Crippen LogP contribution in [-0.4, -0.2) is 47.9 Å². The number of amidine groups is 1. The van der Waals surface area contributed by atoms with E-state index in [4.69, 9.17) is 21.1 Å². The van der Waals surface area contributed by atoms with Crippen LogP contribution in [0, 0.1) is 5.82 Å². The normalized spacial score (nSPS) is 16.5. The summed E-state index contributed by atoms with van der Waals surface area (Å²) in [6, 6.07) is 18.1. The first-order valence-electron chi connectivity index (χ1n) is 11.5. The number of amides is 2. The molecular formula is C27H25ClFN3O4S. The number of nitrogens with zero attached hydrogens (tertiary/aromatic N) is 2. The zero-order valence-electron chi connectivity index (χ0n) is 20.2. The Kier molecular flexibility index (Phi) is 8.68. The second-order valence-electron chi connectivity index (χ2n) is 8.14. The monoisotopic (exact) mass is 541 g/mol. The molecule has 1 saturated heterocycles. The predicted octanol–water partition coefficient (Wildman–Crippen LogP) is 5.70. The molecule has 0 saturated carbocycles. The number of aliphatic imine (C=N–C) groups is 1. The molecule has 7 nitrogen and oxygen atoms in total. The summed E-state index contributed by atoms with van der Waals surface area (Å²) < 4.78 is 24.1. The first-order valence-corrected chi connectivity index (χ1v) is 12.7. The van der Waals surface area contributed by atoms with Crippen LogP contribution in [0.2, 0.25) is 5.02 Å². The summed E-state index contributed by atoms with van der Waals surface area (Å²) in [4.78, 5) is 32.4. The molecule has 192 valence electrons.